The van der Waals surface area contributed by atoms with Crippen molar-refractivity contribution in [3.8, 4) is 39.6 Å². The van der Waals surface area contributed by atoms with Gasteiger partial charge in [-0.3, -0.25) is 4.57 Å². The fraction of sp³-hybridized carbons (Fsp3) is 0.277. The van der Waals surface area contributed by atoms with E-state index >= 15 is 0 Å². The van der Waals surface area contributed by atoms with Crippen molar-refractivity contribution in [2.24, 2.45) is 0 Å². The summed E-state index contributed by atoms with van der Waals surface area (Å²) in [5.41, 5.74) is 15.1. The quantitative estimate of drug-likeness (QED) is 0.159. The van der Waals surface area contributed by atoms with Gasteiger partial charge in [0.25, 0.3) is 0 Å². The van der Waals surface area contributed by atoms with Crippen LogP contribution in [0.2, 0.25) is 0 Å². The third-order valence-electron chi connectivity index (χ3n) is 13.9. The first-order chi connectivity index (χ1) is 35.2. The van der Waals surface area contributed by atoms with Crippen molar-refractivity contribution in [1.29, 1.82) is 0 Å². The van der Waals surface area contributed by atoms with E-state index < -0.39 is 6.04 Å². The van der Waals surface area contributed by atoms with E-state index in [2.05, 4.69) is 188 Å². The molecule has 354 valence electrons. The predicted octanol–water partition coefficient (Wildman–Crippen LogP) is 18.1. The van der Waals surface area contributed by atoms with Crippen LogP contribution in [0.15, 0.2) is 164 Å². The van der Waals surface area contributed by atoms with Crippen molar-refractivity contribution in [1.82, 2.24) is 9.55 Å². The number of pyridine rings is 1. The fourth-order valence-electron chi connectivity index (χ4n) is 9.60. The summed E-state index contributed by atoms with van der Waals surface area (Å²) in [5.74, 6) is 1.99. The van der Waals surface area contributed by atoms with Crippen molar-refractivity contribution in [2.75, 3.05) is 16.5 Å². The van der Waals surface area contributed by atoms with Gasteiger partial charge in [-0.05, 0) is 134 Å². The van der Waals surface area contributed by atoms with Crippen molar-refractivity contribution in [3.05, 3.63) is 192 Å². The monoisotopic (exact) mass is 926 g/mol. The van der Waals surface area contributed by atoms with Crippen LogP contribution in [0.5, 0.6) is 11.5 Å². The number of ether oxygens (including phenoxy) is 1. The minimum Gasteiger partial charge on any atom is -0.457 e. The Hall–Kier alpha value is -7.11. The summed E-state index contributed by atoms with van der Waals surface area (Å²) in [6.07, 6.45) is 1.61. The Labute approximate surface area is 423 Å². The molecule has 0 atom stereocenters. The van der Waals surface area contributed by atoms with Gasteiger partial charge in [0.1, 0.15) is 24.0 Å². The lowest BCUT2D eigenvalue weighted by Gasteiger charge is -2.29. The number of fused-ring (bicyclic) bond motifs is 4. The number of rotatable bonds is 7. The second-order valence-electron chi connectivity index (χ2n) is 23.3. The maximum absolute atomic E-state index is 8.64. The molecule has 1 aliphatic rings. The average molecular weight is 926 g/mol. The highest BCUT2D eigenvalue weighted by Gasteiger charge is 2.32. The molecule has 0 radical (unpaired) electrons. The number of benzene rings is 7. The maximum atomic E-state index is 8.64. The van der Waals surface area contributed by atoms with Crippen LogP contribution in [0.25, 0.3) is 49.9 Å². The Balaban J connectivity index is 1.05. The van der Waals surface area contributed by atoms with Gasteiger partial charge >= 0.3 is 0 Å². The van der Waals surface area contributed by atoms with Crippen LogP contribution in [0.1, 0.15) is 118 Å². The summed E-state index contributed by atoms with van der Waals surface area (Å²) in [5, 5.41) is 2.08. The minimum absolute atomic E-state index is 0.0187. The van der Waals surface area contributed by atoms with Gasteiger partial charge in [-0.25, -0.2) is 4.98 Å². The van der Waals surface area contributed by atoms with Gasteiger partial charge in [-0.2, -0.15) is 0 Å². The summed E-state index contributed by atoms with van der Waals surface area (Å²) in [6.45, 7) is 30.0. The largest absolute Gasteiger partial charge is 0.457 e. The molecule has 0 N–H and O–H groups in total. The molecule has 0 saturated carbocycles. The molecule has 70 heavy (non-hydrogen) atoms. The Bertz CT molecular complexity index is 3660. The van der Waals surface area contributed by atoms with Crippen molar-refractivity contribution in [3.63, 3.8) is 0 Å². The Morgan fingerprint density at radius 1 is 0.486 bits per heavy atom. The number of nitrogens with zero attached hydrogens (tertiary/aromatic N) is 4. The van der Waals surface area contributed by atoms with E-state index in [0.29, 0.717) is 29.5 Å². The van der Waals surface area contributed by atoms with Crippen LogP contribution >= 0.6 is 0 Å². The minimum atomic E-state index is -0.423. The molecule has 0 saturated heterocycles. The maximum Gasteiger partial charge on any atom is 0.137 e. The zero-order chi connectivity index (χ0) is 53.8. The number of anilines is 4. The topological polar surface area (TPSA) is 33.5 Å². The zero-order valence-electron chi connectivity index (χ0n) is 48.1. The summed E-state index contributed by atoms with van der Waals surface area (Å²) in [6, 6.07) is 44.2. The highest BCUT2D eigenvalue weighted by molar-refractivity contribution is 6.09. The normalized spacial score (nSPS) is 14.4. The van der Waals surface area contributed by atoms with E-state index in [9.17, 15) is 0 Å². The molecule has 0 amide bonds. The fourth-order valence-corrected chi connectivity index (χ4v) is 9.60. The van der Waals surface area contributed by atoms with E-state index in [1.54, 1.807) is 6.20 Å². The second kappa shape index (κ2) is 17.1. The molecular formula is C65H68N4O. The van der Waals surface area contributed by atoms with Crippen LogP contribution in [0.3, 0.4) is 0 Å². The van der Waals surface area contributed by atoms with Crippen LogP contribution in [0, 0.1) is 6.92 Å². The molecule has 7 aromatic carbocycles. The van der Waals surface area contributed by atoms with Crippen molar-refractivity contribution in [2.45, 2.75) is 112 Å². The summed E-state index contributed by atoms with van der Waals surface area (Å²) < 4.78 is 50.9. The second-order valence-corrected chi connectivity index (χ2v) is 23.3. The first-order valence-corrected chi connectivity index (χ1v) is 24.5. The summed E-state index contributed by atoms with van der Waals surface area (Å²) in [7, 11) is 0. The molecule has 5 heteroatoms. The zero-order valence-corrected chi connectivity index (χ0v) is 43.1. The Kier molecular flexibility index (Phi) is 9.95. The van der Waals surface area contributed by atoms with Gasteiger partial charge in [0.05, 0.1) is 29.3 Å². The van der Waals surface area contributed by atoms with Crippen LogP contribution < -0.4 is 14.5 Å². The number of hydrogen-bond donors (Lipinski definition) is 0. The summed E-state index contributed by atoms with van der Waals surface area (Å²) in [4.78, 5) is 9.77. The number of para-hydroxylation sites is 1. The first-order valence-electron chi connectivity index (χ1n) is 27.0. The lowest BCUT2D eigenvalue weighted by Crippen LogP contribution is -2.25. The molecule has 0 spiro atoms. The third kappa shape index (κ3) is 8.87. The molecule has 3 heterocycles. The molecule has 0 unspecified atom stereocenters. The number of aryl methyl sites for hydroxylation is 1. The molecular weight excluding hydrogens is 853 g/mol. The van der Waals surface area contributed by atoms with Crippen molar-refractivity contribution < 1.29 is 11.6 Å². The van der Waals surface area contributed by atoms with Crippen molar-refractivity contribution >= 4 is 44.6 Å². The molecule has 0 fully saturated rings. The van der Waals surface area contributed by atoms with Gasteiger partial charge in [-0.15, -0.1) is 0 Å². The average Bonchev–Trinajstić information content (AvgIpc) is 3.90. The SMILES string of the molecule is [2H]c1c([2H])c([2H])c(-c2cnc(-n3c4ccccc4c4ccc(Oc5cccc(N6CN(c7cc(C(C)(C)C)cc(C(C)(C)C)c7)c7cc(-c8cc(C(C)(C)C)cc(C(C)(C)C)c8)ccc76)c5)cc43)cc2C)c([2H])c1[2H]. The van der Waals surface area contributed by atoms with Gasteiger partial charge in [0.2, 0.25) is 0 Å². The van der Waals surface area contributed by atoms with E-state index in [-0.39, 0.29) is 51.4 Å². The number of aromatic nitrogens is 2. The highest BCUT2D eigenvalue weighted by Crippen LogP contribution is 2.49. The highest BCUT2D eigenvalue weighted by atomic mass is 16.5. The van der Waals surface area contributed by atoms with Gasteiger partial charge < -0.3 is 14.5 Å². The van der Waals surface area contributed by atoms with E-state index in [0.717, 1.165) is 50.1 Å². The predicted molar refractivity (Wildman–Crippen MR) is 298 cm³/mol. The smallest absolute Gasteiger partial charge is 0.137 e. The Morgan fingerprint density at radius 2 is 1.09 bits per heavy atom. The van der Waals surface area contributed by atoms with Gasteiger partial charge in [-0.1, -0.05) is 168 Å². The van der Waals surface area contributed by atoms with Crippen LogP contribution in [-0.4, -0.2) is 16.2 Å². The third-order valence-corrected chi connectivity index (χ3v) is 13.9. The lowest BCUT2D eigenvalue weighted by atomic mass is 9.79. The standard InChI is InChI=1S/C65H68N4O/c1-42-30-61(66-40-56(42)43-20-15-14-16-21-43)69-57-25-18-17-24-54(57)55-28-27-53(39-59(55)69)70-52-23-19-22-50(38-52)67-41-68(51-36-48(64(8,9)10)35-49(37-51)65(11,12)13)60-33-44(26-29-58(60)67)45-31-46(62(2,3)4)34-47(32-45)63(5,6)7/h14-40H,41H2,1-13H3/i14D,15D,16D,20D,21D. The number of hydrogen-bond acceptors (Lipinski definition) is 4. The molecule has 5 nitrogen and oxygen atoms in total. The first kappa shape index (κ1) is 40.7. The lowest BCUT2D eigenvalue weighted by molar-refractivity contribution is 0.483. The van der Waals surface area contributed by atoms with E-state index in [4.69, 9.17) is 16.6 Å². The van der Waals surface area contributed by atoms with Gasteiger partial charge in [0.15, 0.2) is 0 Å². The molecule has 2 aromatic heterocycles. The summed E-state index contributed by atoms with van der Waals surface area (Å²) >= 11 is 0. The molecule has 0 bridgehead atoms. The van der Waals surface area contributed by atoms with Crippen LogP contribution in [-0.2, 0) is 21.7 Å². The molecule has 0 aliphatic carbocycles. The van der Waals surface area contributed by atoms with Gasteiger partial charge in [0, 0.05) is 46.0 Å². The molecule has 1 aliphatic heterocycles. The van der Waals surface area contributed by atoms with E-state index in [1.807, 2.05) is 43.3 Å². The Morgan fingerprint density at radius 3 is 1.73 bits per heavy atom. The molecule has 10 rings (SSSR count). The van der Waals surface area contributed by atoms with E-state index in [1.165, 1.54) is 33.4 Å². The van der Waals surface area contributed by atoms with Crippen LogP contribution in [0.4, 0.5) is 22.7 Å². The molecule has 9 aromatic rings.